The molecule has 2 rings (SSSR count). The molecule has 1 fully saturated rings. The SMILES string of the molecule is O=C(CN1CC[C@H](C(=O)O)C1)Nc1nccs1. The van der Waals surface area contributed by atoms with E-state index in [1.54, 1.807) is 11.6 Å². The maximum Gasteiger partial charge on any atom is 0.307 e. The maximum absolute atomic E-state index is 11.6. The van der Waals surface area contributed by atoms with Crippen molar-refractivity contribution in [1.82, 2.24) is 9.88 Å². The number of rotatable bonds is 4. The average molecular weight is 255 g/mol. The first-order chi connectivity index (χ1) is 8.15. The third-order valence-electron chi connectivity index (χ3n) is 2.67. The molecule has 0 spiro atoms. The van der Waals surface area contributed by atoms with Gasteiger partial charge >= 0.3 is 5.97 Å². The number of nitrogens with zero attached hydrogens (tertiary/aromatic N) is 2. The molecule has 2 N–H and O–H groups in total. The minimum Gasteiger partial charge on any atom is -0.481 e. The predicted molar refractivity (Wildman–Crippen MR) is 62.9 cm³/mol. The monoisotopic (exact) mass is 255 g/mol. The van der Waals surface area contributed by atoms with E-state index in [1.165, 1.54) is 11.3 Å². The summed E-state index contributed by atoms with van der Waals surface area (Å²) in [5, 5.41) is 13.9. The summed E-state index contributed by atoms with van der Waals surface area (Å²) in [4.78, 5) is 28.2. The van der Waals surface area contributed by atoms with Crippen LogP contribution < -0.4 is 5.32 Å². The molecule has 1 aromatic rings. The molecule has 1 aliphatic rings. The number of hydrogen-bond donors (Lipinski definition) is 2. The van der Waals surface area contributed by atoms with Gasteiger partial charge in [-0.2, -0.15) is 0 Å². The van der Waals surface area contributed by atoms with Crippen molar-refractivity contribution in [3.8, 4) is 0 Å². The molecule has 17 heavy (non-hydrogen) atoms. The van der Waals surface area contributed by atoms with Crippen LogP contribution in [0.5, 0.6) is 0 Å². The molecule has 6 nitrogen and oxygen atoms in total. The van der Waals surface area contributed by atoms with E-state index in [-0.39, 0.29) is 18.4 Å². The number of carboxylic acid groups (broad SMARTS) is 1. The summed E-state index contributed by atoms with van der Waals surface area (Å²) in [6.45, 7) is 1.33. The van der Waals surface area contributed by atoms with Crippen LogP contribution in [0.2, 0.25) is 0 Å². The highest BCUT2D eigenvalue weighted by Gasteiger charge is 2.28. The summed E-state index contributed by atoms with van der Waals surface area (Å²) in [5.41, 5.74) is 0. The highest BCUT2D eigenvalue weighted by Crippen LogP contribution is 2.16. The maximum atomic E-state index is 11.6. The van der Waals surface area contributed by atoms with Gasteiger partial charge in [-0.15, -0.1) is 11.3 Å². The average Bonchev–Trinajstić information content (AvgIpc) is 2.88. The van der Waals surface area contributed by atoms with E-state index in [2.05, 4.69) is 10.3 Å². The molecule has 1 atom stereocenters. The number of aromatic nitrogens is 1. The van der Waals surface area contributed by atoms with Gasteiger partial charge in [0.25, 0.3) is 0 Å². The number of aliphatic carboxylic acids is 1. The van der Waals surface area contributed by atoms with Crippen molar-refractivity contribution < 1.29 is 14.7 Å². The van der Waals surface area contributed by atoms with Crippen molar-refractivity contribution in [2.75, 3.05) is 25.0 Å². The predicted octanol–water partition coefficient (Wildman–Crippen LogP) is 0.488. The van der Waals surface area contributed by atoms with Crippen molar-refractivity contribution in [1.29, 1.82) is 0 Å². The first-order valence-corrected chi connectivity index (χ1v) is 6.17. The Hall–Kier alpha value is -1.47. The second-order valence-electron chi connectivity index (χ2n) is 3.94. The highest BCUT2D eigenvalue weighted by atomic mass is 32.1. The Morgan fingerprint density at radius 3 is 3.06 bits per heavy atom. The summed E-state index contributed by atoms with van der Waals surface area (Å²) in [6.07, 6.45) is 2.23. The molecule has 1 saturated heterocycles. The number of carbonyl (C=O) groups excluding carboxylic acids is 1. The smallest absolute Gasteiger partial charge is 0.307 e. The van der Waals surface area contributed by atoms with Crippen LogP contribution in [0.3, 0.4) is 0 Å². The molecular formula is C10H13N3O3S. The molecule has 2 heterocycles. The van der Waals surface area contributed by atoms with E-state index >= 15 is 0 Å². The quantitative estimate of drug-likeness (QED) is 0.818. The van der Waals surface area contributed by atoms with Crippen molar-refractivity contribution in [3.63, 3.8) is 0 Å². The Labute approximate surface area is 102 Å². The van der Waals surface area contributed by atoms with Gasteiger partial charge in [-0.3, -0.25) is 14.5 Å². The molecule has 0 saturated carbocycles. The minimum absolute atomic E-state index is 0.147. The fourth-order valence-electron chi connectivity index (χ4n) is 1.82. The van der Waals surface area contributed by atoms with Crippen LogP contribution in [0.1, 0.15) is 6.42 Å². The molecule has 0 radical (unpaired) electrons. The lowest BCUT2D eigenvalue weighted by atomic mass is 10.1. The Morgan fingerprint density at radius 2 is 2.47 bits per heavy atom. The zero-order valence-corrected chi connectivity index (χ0v) is 9.94. The molecule has 1 aromatic heterocycles. The molecule has 0 bridgehead atoms. The standard InChI is InChI=1S/C10H13N3O3S/c14-8(12-10-11-2-4-17-10)6-13-3-1-7(5-13)9(15)16/h2,4,7H,1,3,5-6H2,(H,15,16)(H,11,12,14)/t7-/m0/s1. The molecule has 7 heteroatoms. The van der Waals surface area contributed by atoms with Gasteiger partial charge in [0.1, 0.15) is 0 Å². The fraction of sp³-hybridized carbons (Fsp3) is 0.500. The Balaban J connectivity index is 1.78. The van der Waals surface area contributed by atoms with Crippen molar-refractivity contribution in [2.45, 2.75) is 6.42 Å². The van der Waals surface area contributed by atoms with Crippen molar-refractivity contribution in [2.24, 2.45) is 5.92 Å². The third kappa shape index (κ3) is 3.24. The lowest BCUT2D eigenvalue weighted by molar-refractivity contribution is -0.141. The van der Waals surface area contributed by atoms with Gasteiger partial charge in [-0.05, 0) is 13.0 Å². The minimum atomic E-state index is -0.784. The number of carboxylic acids is 1. The van der Waals surface area contributed by atoms with Crippen LogP contribution >= 0.6 is 11.3 Å². The van der Waals surface area contributed by atoms with Crippen LogP contribution in [-0.2, 0) is 9.59 Å². The Bertz CT molecular complexity index is 407. The van der Waals surface area contributed by atoms with Gasteiger partial charge in [0.2, 0.25) is 5.91 Å². The van der Waals surface area contributed by atoms with E-state index in [9.17, 15) is 9.59 Å². The Morgan fingerprint density at radius 1 is 1.65 bits per heavy atom. The van der Waals surface area contributed by atoms with Gasteiger partial charge in [-0.25, -0.2) is 4.98 Å². The molecule has 0 unspecified atom stereocenters. The van der Waals surface area contributed by atoms with Gasteiger partial charge < -0.3 is 10.4 Å². The lowest BCUT2D eigenvalue weighted by Crippen LogP contribution is -2.32. The summed E-state index contributed by atoms with van der Waals surface area (Å²) in [5.74, 6) is -1.28. The zero-order chi connectivity index (χ0) is 12.3. The van der Waals surface area contributed by atoms with Crippen molar-refractivity contribution >= 4 is 28.3 Å². The fourth-order valence-corrected chi connectivity index (χ4v) is 2.37. The summed E-state index contributed by atoms with van der Waals surface area (Å²) >= 11 is 1.36. The van der Waals surface area contributed by atoms with Crippen LogP contribution in [0.25, 0.3) is 0 Å². The topological polar surface area (TPSA) is 82.5 Å². The summed E-state index contributed by atoms with van der Waals surface area (Å²) in [6, 6.07) is 0. The van der Waals surface area contributed by atoms with Crippen LogP contribution in [-0.4, -0.2) is 46.5 Å². The van der Waals surface area contributed by atoms with Crippen LogP contribution in [0.15, 0.2) is 11.6 Å². The number of hydrogen-bond acceptors (Lipinski definition) is 5. The summed E-state index contributed by atoms with van der Waals surface area (Å²) in [7, 11) is 0. The van der Waals surface area contributed by atoms with Crippen LogP contribution in [0.4, 0.5) is 5.13 Å². The third-order valence-corrected chi connectivity index (χ3v) is 3.36. The lowest BCUT2D eigenvalue weighted by Gasteiger charge is -2.13. The first-order valence-electron chi connectivity index (χ1n) is 5.29. The zero-order valence-electron chi connectivity index (χ0n) is 9.13. The number of carbonyl (C=O) groups is 2. The van der Waals surface area contributed by atoms with Crippen LogP contribution in [0, 0.1) is 5.92 Å². The van der Waals surface area contributed by atoms with E-state index in [4.69, 9.17) is 5.11 Å². The largest absolute Gasteiger partial charge is 0.481 e. The molecule has 1 aliphatic heterocycles. The molecule has 0 aromatic carbocycles. The second-order valence-corrected chi connectivity index (χ2v) is 4.84. The molecule has 1 amide bonds. The van der Waals surface area contributed by atoms with E-state index in [0.29, 0.717) is 24.6 Å². The number of likely N-dealkylation sites (tertiary alicyclic amines) is 1. The first kappa shape index (κ1) is 12.0. The van der Waals surface area contributed by atoms with Gasteiger partial charge in [-0.1, -0.05) is 0 Å². The van der Waals surface area contributed by atoms with E-state index < -0.39 is 5.97 Å². The van der Waals surface area contributed by atoms with Crippen molar-refractivity contribution in [3.05, 3.63) is 11.6 Å². The second kappa shape index (κ2) is 5.24. The van der Waals surface area contributed by atoms with Gasteiger partial charge in [0, 0.05) is 18.1 Å². The number of anilines is 1. The van der Waals surface area contributed by atoms with Gasteiger partial charge in [0.15, 0.2) is 5.13 Å². The van der Waals surface area contributed by atoms with E-state index in [0.717, 1.165) is 0 Å². The van der Waals surface area contributed by atoms with E-state index in [1.807, 2.05) is 4.90 Å². The number of amides is 1. The van der Waals surface area contributed by atoms with Gasteiger partial charge in [0.05, 0.1) is 12.5 Å². The highest BCUT2D eigenvalue weighted by molar-refractivity contribution is 7.13. The molecule has 92 valence electrons. The normalized spacial score (nSPS) is 20.4. The molecule has 0 aliphatic carbocycles. The summed E-state index contributed by atoms with van der Waals surface area (Å²) < 4.78 is 0. The number of nitrogens with one attached hydrogen (secondary N) is 1. The molecular weight excluding hydrogens is 242 g/mol. The Kier molecular flexibility index (Phi) is 3.70. The number of thiazole rings is 1.